The molecule has 1 aromatic rings. The lowest BCUT2D eigenvalue weighted by atomic mass is 10.1. The fourth-order valence-electron chi connectivity index (χ4n) is 2.64. The van der Waals surface area contributed by atoms with Crippen LogP contribution in [0.3, 0.4) is 0 Å². The first-order chi connectivity index (χ1) is 9.33. The fourth-order valence-corrected chi connectivity index (χ4v) is 2.64. The molecule has 0 unspecified atom stereocenters. The Hall–Kier alpha value is -0.840. The maximum Gasteiger partial charge on any atom is 0.122 e. The molecule has 2 atom stereocenters. The number of rotatable bonds is 4. The molecule has 0 saturated carbocycles. The monoisotopic (exact) mass is 280 g/mol. The van der Waals surface area contributed by atoms with Gasteiger partial charge in [0.2, 0.25) is 0 Å². The van der Waals surface area contributed by atoms with E-state index in [4.69, 9.17) is 9.15 Å². The summed E-state index contributed by atoms with van der Waals surface area (Å²) in [7, 11) is 0. The summed E-state index contributed by atoms with van der Waals surface area (Å²) in [6.07, 6.45) is 2.39. The summed E-state index contributed by atoms with van der Waals surface area (Å²) >= 11 is 0. The van der Waals surface area contributed by atoms with Crippen LogP contribution in [0.1, 0.15) is 45.9 Å². The highest BCUT2D eigenvalue weighted by molar-refractivity contribution is 5.17. The van der Waals surface area contributed by atoms with Crippen LogP contribution in [-0.4, -0.2) is 35.7 Å². The first-order valence-corrected chi connectivity index (χ1v) is 7.51. The maximum absolute atomic E-state index is 5.77. The summed E-state index contributed by atoms with van der Waals surface area (Å²) in [6.45, 7) is 14.5. The number of ether oxygens (including phenoxy) is 1. The van der Waals surface area contributed by atoms with Crippen LogP contribution in [0.15, 0.2) is 16.7 Å². The van der Waals surface area contributed by atoms with E-state index in [1.807, 2.05) is 0 Å². The molecular formula is C16H28N2O2. The van der Waals surface area contributed by atoms with Crippen molar-refractivity contribution < 1.29 is 9.15 Å². The van der Waals surface area contributed by atoms with Crippen LogP contribution in [0.2, 0.25) is 0 Å². The lowest BCUT2D eigenvalue weighted by molar-refractivity contribution is -0.0719. The van der Waals surface area contributed by atoms with Gasteiger partial charge >= 0.3 is 0 Å². The van der Waals surface area contributed by atoms with Crippen molar-refractivity contribution in [3.05, 3.63) is 23.7 Å². The molecule has 0 aliphatic carbocycles. The van der Waals surface area contributed by atoms with Gasteiger partial charge in [-0.05, 0) is 40.7 Å². The molecule has 1 N–H and O–H groups in total. The van der Waals surface area contributed by atoms with Crippen LogP contribution < -0.4 is 5.32 Å². The van der Waals surface area contributed by atoms with Crippen molar-refractivity contribution in [2.24, 2.45) is 0 Å². The Labute approximate surface area is 122 Å². The summed E-state index contributed by atoms with van der Waals surface area (Å²) in [5, 5.41) is 3.52. The molecule has 0 amide bonds. The summed E-state index contributed by atoms with van der Waals surface area (Å²) in [5.41, 5.74) is 1.38. The number of morpholine rings is 1. The fraction of sp³-hybridized carbons (Fsp3) is 0.750. The third-order valence-electron chi connectivity index (χ3n) is 3.51. The highest BCUT2D eigenvalue weighted by Gasteiger charge is 2.23. The second kappa shape index (κ2) is 6.29. The minimum absolute atomic E-state index is 0.122. The molecule has 0 aromatic carbocycles. The smallest absolute Gasteiger partial charge is 0.122 e. The minimum atomic E-state index is 0.122. The highest BCUT2D eigenvalue weighted by Crippen LogP contribution is 2.18. The average Bonchev–Trinajstić information content (AvgIpc) is 2.71. The van der Waals surface area contributed by atoms with Crippen molar-refractivity contribution in [3.8, 4) is 0 Å². The topological polar surface area (TPSA) is 37.6 Å². The first kappa shape index (κ1) is 15.5. The van der Waals surface area contributed by atoms with Crippen molar-refractivity contribution in [2.75, 3.05) is 13.1 Å². The number of hydrogen-bond donors (Lipinski definition) is 1. The summed E-state index contributed by atoms with van der Waals surface area (Å²) in [5.74, 6) is 1.07. The molecule has 2 heterocycles. The Bertz CT molecular complexity index is 412. The standard InChI is InChI=1S/C16H28N2O2/c1-12-9-18(10-13(2)20-12)11-15-14(6-7-19-15)8-17-16(3,4)5/h6-7,12-13,17H,8-11H2,1-5H3/t12-,13+. The molecule has 2 rings (SSSR count). The molecule has 1 aliphatic heterocycles. The Morgan fingerprint density at radius 3 is 2.50 bits per heavy atom. The van der Waals surface area contributed by atoms with E-state index in [1.54, 1.807) is 6.26 Å². The number of hydrogen-bond acceptors (Lipinski definition) is 4. The molecule has 0 radical (unpaired) electrons. The Kier molecular flexibility index (Phi) is 4.89. The van der Waals surface area contributed by atoms with E-state index < -0.39 is 0 Å². The molecule has 1 fully saturated rings. The normalized spacial score (nSPS) is 25.1. The van der Waals surface area contributed by atoms with E-state index in [0.717, 1.165) is 31.9 Å². The van der Waals surface area contributed by atoms with Gasteiger partial charge in [0.15, 0.2) is 0 Å². The van der Waals surface area contributed by atoms with Gasteiger partial charge in [0.1, 0.15) is 5.76 Å². The van der Waals surface area contributed by atoms with E-state index in [9.17, 15) is 0 Å². The first-order valence-electron chi connectivity index (χ1n) is 7.51. The zero-order valence-corrected chi connectivity index (χ0v) is 13.4. The summed E-state index contributed by atoms with van der Waals surface area (Å²) < 4.78 is 11.5. The van der Waals surface area contributed by atoms with Crippen LogP contribution in [-0.2, 0) is 17.8 Å². The lowest BCUT2D eigenvalue weighted by Gasteiger charge is -2.35. The molecule has 4 heteroatoms. The number of furan rings is 1. The van der Waals surface area contributed by atoms with E-state index in [-0.39, 0.29) is 5.54 Å². The van der Waals surface area contributed by atoms with Crippen LogP contribution >= 0.6 is 0 Å². The van der Waals surface area contributed by atoms with Gasteiger partial charge in [-0.25, -0.2) is 0 Å². The van der Waals surface area contributed by atoms with Gasteiger partial charge in [-0.3, -0.25) is 4.90 Å². The zero-order valence-electron chi connectivity index (χ0n) is 13.4. The highest BCUT2D eigenvalue weighted by atomic mass is 16.5. The maximum atomic E-state index is 5.77. The predicted molar refractivity (Wildman–Crippen MR) is 80.6 cm³/mol. The lowest BCUT2D eigenvalue weighted by Crippen LogP contribution is -2.45. The van der Waals surface area contributed by atoms with Gasteiger partial charge in [-0.2, -0.15) is 0 Å². The van der Waals surface area contributed by atoms with E-state index in [1.165, 1.54) is 5.56 Å². The van der Waals surface area contributed by atoms with Crippen molar-refractivity contribution >= 4 is 0 Å². The Morgan fingerprint density at radius 2 is 1.90 bits per heavy atom. The molecule has 114 valence electrons. The summed E-state index contributed by atoms with van der Waals surface area (Å²) in [6, 6.07) is 2.07. The quantitative estimate of drug-likeness (QED) is 0.920. The van der Waals surface area contributed by atoms with Crippen molar-refractivity contribution in [1.29, 1.82) is 0 Å². The van der Waals surface area contributed by atoms with Crippen molar-refractivity contribution in [2.45, 2.75) is 65.5 Å². The zero-order chi connectivity index (χ0) is 14.8. The summed E-state index contributed by atoms with van der Waals surface area (Å²) in [4.78, 5) is 2.41. The second-order valence-electron chi connectivity index (χ2n) is 6.92. The van der Waals surface area contributed by atoms with Crippen LogP contribution in [0.5, 0.6) is 0 Å². The number of nitrogens with one attached hydrogen (secondary N) is 1. The van der Waals surface area contributed by atoms with E-state index in [2.05, 4.69) is 50.9 Å². The molecule has 1 aliphatic rings. The van der Waals surface area contributed by atoms with Crippen LogP contribution in [0, 0.1) is 0 Å². The van der Waals surface area contributed by atoms with Crippen LogP contribution in [0.25, 0.3) is 0 Å². The molecule has 1 saturated heterocycles. The second-order valence-corrected chi connectivity index (χ2v) is 6.92. The molecule has 0 bridgehead atoms. The van der Waals surface area contributed by atoms with Gasteiger partial charge in [0.25, 0.3) is 0 Å². The van der Waals surface area contributed by atoms with Crippen LogP contribution in [0.4, 0.5) is 0 Å². The van der Waals surface area contributed by atoms with E-state index in [0.29, 0.717) is 12.2 Å². The molecular weight excluding hydrogens is 252 g/mol. The van der Waals surface area contributed by atoms with E-state index >= 15 is 0 Å². The predicted octanol–water partition coefficient (Wildman–Crippen LogP) is 2.78. The molecule has 4 nitrogen and oxygen atoms in total. The van der Waals surface area contributed by atoms with Gasteiger partial charge in [-0.1, -0.05) is 0 Å². The Morgan fingerprint density at radius 1 is 1.25 bits per heavy atom. The van der Waals surface area contributed by atoms with Gasteiger partial charge in [0.05, 0.1) is 25.0 Å². The third kappa shape index (κ3) is 4.62. The molecule has 0 spiro atoms. The average molecular weight is 280 g/mol. The third-order valence-corrected chi connectivity index (χ3v) is 3.51. The minimum Gasteiger partial charge on any atom is -0.468 e. The van der Waals surface area contributed by atoms with Gasteiger partial charge in [-0.15, -0.1) is 0 Å². The van der Waals surface area contributed by atoms with Gasteiger partial charge in [0, 0.05) is 30.7 Å². The van der Waals surface area contributed by atoms with Crippen molar-refractivity contribution in [3.63, 3.8) is 0 Å². The molecule has 20 heavy (non-hydrogen) atoms. The van der Waals surface area contributed by atoms with Gasteiger partial charge < -0.3 is 14.5 Å². The Balaban J connectivity index is 1.94. The number of nitrogens with zero attached hydrogens (tertiary/aromatic N) is 1. The van der Waals surface area contributed by atoms with Crippen molar-refractivity contribution in [1.82, 2.24) is 10.2 Å². The SMILES string of the molecule is C[C@@H]1CN(Cc2occc2CNC(C)(C)C)C[C@H](C)O1. The largest absolute Gasteiger partial charge is 0.468 e. The molecule has 1 aromatic heterocycles.